The van der Waals surface area contributed by atoms with Crippen LogP contribution >= 0.6 is 0 Å². The number of rotatable bonds is 4. The van der Waals surface area contributed by atoms with E-state index in [0.29, 0.717) is 5.56 Å². The summed E-state index contributed by atoms with van der Waals surface area (Å²) in [5.41, 5.74) is 0.440. The van der Waals surface area contributed by atoms with Crippen LogP contribution in [0.15, 0.2) is 12.1 Å². The minimum atomic E-state index is -0.779. The summed E-state index contributed by atoms with van der Waals surface area (Å²) in [6.07, 6.45) is 0. The van der Waals surface area contributed by atoms with E-state index in [0.717, 1.165) is 6.07 Å². The highest BCUT2D eigenvalue weighted by molar-refractivity contribution is 5.92. The van der Waals surface area contributed by atoms with Crippen LogP contribution in [0.25, 0.3) is 0 Å². The molecule has 3 nitrogen and oxygen atoms in total. The van der Waals surface area contributed by atoms with E-state index in [2.05, 4.69) is 10.1 Å². The summed E-state index contributed by atoms with van der Waals surface area (Å²) in [5, 5.41) is 2.38. The van der Waals surface area contributed by atoms with Crippen molar-refractivity contribution in [3.63, 3.8) is 0 Å². The van der Waals surface area contributed by atoms with Gasteiger partial charge in [0.25, 0.3) is 0 Å². The predicted molar refractivity (Wildman–Crippen MR) is 61.0 cm³/mol. The van der Waals surface area contributed by atoms with Crippen molar-refractivity contribution in [1.29, 1.82) is 0 Å². The molecule has 1 rings (SSSR count). The lowest BCUT2D eigenvalue weighted by atomic mass is 10.0. The first-order chi connectivity index (χ1) is 7.95. The first-order valence-electron chi connectivity index (χ1n) is 5.23. The van der Waals surface area contributed by atoms with Crippen LogP contribution in [0.3, 0.4) is 0 Å². The zero-order chi connectivity index (χ0) is 13.0. The van der Waals surface area contributed by atoms with Crippen molar-refractivity contribution in [2.24, 2.45) is 0 Å². The van der Waals surface area contributed by atoms with E-state index in [4.69, 9.17) is 0 Å². The van der Waals surface area contributed by atoms with E-state index in [1.54, 1.807) is 13.8 Å². The molecule has 0 aliphatic carbocycles. The van der Waals surface area contributed by atoms with Crippen LogP contribution in [-0.4, -0.2) is 19.6 Å². The third-order valence-electron chi connectivity index (χ3n) is 2.25. The Kier molecular flexibility index (Phi) is 4.57. The number of benzene rings is 1. The first-order valence-corrected chi connectivity index (χ1v) is 5.23. The maximum Gasteiger partial charge on any atom is 0.250 e. The van der Waals surface area contributed by atoms with Crippen LogP contribution in [0.5, 0.6) is 0 Å². The van der Waals surface area contributed by atoms with Gasteiger partial charge >= 0.3 is 0 Å². The Morgan fingerprint density at radius 3 is 2.59 bits per heavy atom. The molecule has 0 aliphatic heterocycles. The highest BCUT2D eigenvalue weighted by atomic mass is 19.1. The van der Waals surface area contributed by atoms with E-state index >= 15 is 0 Å². The van der Waals surface area contributed by atoms with Gasteiger partial charge in [-0.1, -0.05) is 13.8 Å². The molecular weight excluding hydrogens is 228 g/mol. The van der Waals surface area contributed by atoms with Crippen LogP contribution in [0.4, 0.5) is 14.5 Å². The summed E-state index contributed by atoms with van der Waals surface area (Å²) in [6.45, 7) is 3.41. The van der Waals surface area contributed by atoms with Crippen LogP contribution in [-0.2, 0) is 9.53 Å². The normalized spacial score (nSPS) is 10.7. The number of ether oxygens (including phenoxy) is 1. The molecule has 94 valence electrons. The lowest BCUT2D eigenvalue weighted by Crippen LogP contribution is -2.19. The fourth-order valence-corrected chi connectivity index (χ4v) is 1.49. The SMILES string of the molecule is COCC(=O)Nc1c(F)cc(F)cc1C(C)C. The molecule has 0 aliphatic rings. The van der Waals surface area contributed by atoms with Gasteiger partial charge < -0.3 is 10.1 Å². The molecule has 1 amide bonds. The van der Waals surface area contributed by atoms with Crippen molar-refractivity contribution in [1.82, 2.24) is 0 Å². The van der Waals surface area contributed by atoms with Gasteiger partial charge in [0.2, 0.25) is 5.91 Å². The zero-order valence-electron chi connectivity index (χ0n) is 10.0. The standard InChI is InChI=1S/C12H15F2NO2/c1-7(2)9-4-8(13)5-10(14)12(9)15-11(16)6-17-3/h4-5,7H,6H2,1-3H3,(H,15,16). The van der Waals surface area contributed by atoms with Crippen LogP contribution in [0.1, 0.15) is 25.3 Å². The highest BCUT2D eigenvalue weighted by Gasteiger charge is 2.16. The van der Waals surface area contributed by atoms with E-state index in [-0.39, 0.29) is 18.2 Å². The molecule has 0 bridgehead atoms. The summed E-state index contributed by atoms with van der Waals surface area (Å²) >= 11 is 0. The smallest absolute Gasteiger partial charge is 0.250 e. The Balaban J connectivity index is 3.08. The Hall–Kier alpha value is -1.49. The quantitative estimate of drug-likeness (QED) is 0.882. The molecule has 0 fully saturated rings. The van der Waals surface area contributed by atoms with E-state index in [1.807, 2.05) is 0 Å². The first kappa shape index (κ1) is 13.6. The van der Waals surface area contributed by atoms with Crippen molar-refractivity contribution in [2.45, 2.75) is 19.8 Å². The van der Waals surface area contributed by atoms with Crippen molar-refractivity contribution < 1.29 is 18.3 Å². The summed E-state index contributed by atoms with van der Waals surface area (Å²) in [7, 11) is 1.37. The van der Waals surface area contributed by atoms with Gasteiger partial charge in [-0.15, -0.1) is 0 Å². The number of hydrogen-bond donors (Lipinski definition) is 1. The number of methoxy groups -OCH3 is 1. The molecule has 1 N–H and O–H groups in total. The molecule has 0 heterocycles. The third kappa shape index (κ3) is 3.49. The second-order valence-corrected chi connectivity index (χ2v) is 3.99. The average molecular weight is 243 g/mol. The molecule has 0 saturated heterocycles. The topological polar surface area (TPSA) is 38.3 Å². The maximum absolute atomic E-state index is 13.6. The van der Waals surface area contributed by atoms with Gasteiger partial charge in [0.1, 0.15) is 18.2 Å². The van der Waals surface area contributed by atoms with Crippen LogP contribution in [0.2, 0.25) is 0 Å². The second kappa shape index (κ2) is 5.72. The van der Waals surface area contributed by atoms with Gasteiger partial charge in [-0.05, 0) is 17.5 Å². The van der Waals surface area contributed by atoms with Gasteiger partial charge in [0.15, 0.2) is 0 Å². The number of amides is 1. The molecule has 0 spiro atoms. The summed E-state index contributed by atoms with van der Waals surface area (Å²) in [6, 6.07) is 1.96. The molecule has 1 aromatic carbocycles. The molecule has 5 heteroatoms. The zero-order valence-corrected chi connectivity index (χ0v) is 10.0. The molecule has 0 radical (unpaired) electrons. The second-order valence-electron chi connectivity index (χ2n) is 3.99. The van der Waals surface area contributed by atoms with Crippen molar-refractivity contribution in [3.05, 3.63) is 29.3 Å². The molecule has 0 saturated carbocycles. The minimum Gasteiger partial charge on any atom is -0.375 e. The lowest BCUT2D eigenvalue weighted by molar-refractivity contribution is -0.119. The minimum absolute atomic E-state index is 0.0171. The monoisotopic (exact) mass is 243 g/mol. The number of carbonyl (C=O) groups excluding carboxylic acids is 1. The number of anilines is 1. The van der Waals surface area contributed by atoms with Gasteiger partial charge in [-0.2, -0.15) is 0 Å². The molecule has 0 atom stereocenters. The van der Waals surface area contributed by atoms with E-state index < -0.39 is 17.5 Å². The lowest BCUT2D eigenvalue weighted by Gasteiger charge is -2.14. The molecule has 0 unspecified atom stereocenters. The van der Waals surface area contributed by atoms with Gasteiger partial charge in [0.05, 0.1) is 5.69 Å². The van der Waals surface area contributed by atoms with Crippen molar-refractivity contribution >= 4 is 11.6 Å². The summed E-state index contributed by atoms with van der Waals surface area (Å²) in [5.74, 6) is -2.01. The fourth-order valence-electron chi connectivity index (χ4n) is 1.49. The fraction of sp³-hybridized carbons (Fsp3) is 0.417. The number of halogens is 2. The average Bonchev–Trinajstić information content (AvgIpc) is 2.21. The van der Waals surface area contributed by atoms with Crippen molar-refractivity contribution in [3.8, 4) is 0 Å². The Labute approximate surface area is 98.8 Å². The molecular formula is C12H15F2NO2. The van der Waals surface area contributed by atoms with Crippen LogP contribution in [0, 0.1) is 11.6 Å². The van der Waals surface area contributed by atoms with Gasteiger partial charge in [0, 0.05) is 13.2 Å². The largest absolute Gasteiger partial charge is 0.375 e. The number of hydrogen-bond acceptors (Lipinski definition) is 2. The van der Waals surface area contributed by atoms with Gasteiger partial charge in [-0.3, -0.25) is 4.79 Å². The third-order valence-corrected chi connectivity index (χ3v) is 2.25. The number of nitrogens with one attached hydrogen (secondary N) is 1. The summed E-state index contributed by atoms with van der Waals surface area (Å²) in [4.78, 5) is 11.3. The number of carbonyl (C=O) groups is 1. The molecule has 0 aromatic heterocycles. The Morgan fingerprint density at radius 2 is 2.06 bits per heavy atom. The van der Waals surface area contributed by atoms with E-state index in [9.17, 15) is 13.6 Å². The summed E-state index contributed by atoms with van der Waals surface area (Å²) < 4.78 is 31.3. The van der Waals surface area contributed by atoms with Crippen LogP contribution < -0.4 is 5.32 Å². The van der Waals surface area contributed by atoms with Gasteiger partial charge in [-0.25, -0.2) is 8.78 Å². The molecule has 1 aromatic rings. The highest BCUT2D eigenvalue weighted by Crippen LogP contribution is 2.28. The Morgan fingerprint density at radius 1 is 1.41 bits per heavy atom. The Bertz CT molecular complexity index is 419. The van der Waals surface area contributed by atoms with Crippen molar-refractivity contribution in [2.75, 3.05) is 19.0 Å². The maximum atomic E-state index is 13.6. The molecule has 17 heavy (non-hydrogen) atoms. The van der Waals surface area contributed by atoms with E-state index in [1.165, 1.54) is 13.2 Å². The predicted octanol–water partition coefficient (Wildman–Crippen LogP) is 2.67.